The number of carboxylic acids is 2. The lowest BCUT2D eigenvalue weighted by Gasteiger charge is -2.14. The van der Waals surface area contributed by atoms with E-state index in [9.17, 15) is 19.8 Å². The average molecular weight is 687 g/mol. The van der Waals surface area contributed by atoms with Crippen LogP contribution < -0.4 is 9.47 Å². The largest absolute Gasteiger partial charge is 0.493 e. The monoisotopic (exact) mass is 686 g/mol. The second-order valence-electron chi connectivity index (χ2n) is 12.7. The fraction of sp³-hybridized carbons (Fsp3) is 0.636. The van der Waals surface area contributed by atoms with Gasteiger partial charge in [-0.3, -0.25) is 0 Å². The van der Waals surface area contributed by atoms with Crippen LogP contribution in [-0.2, 0) is 0 Å². The fourth-order valence-electron chi connectivity index (χ4n) is 5.25. The van der Waals surface area contributed by atoms with E-state index in [1.54, 1.807) is 0 Å². The van der Waals surface area contributed by atoms with Crippen molar-refractivity contribution in [2.45, 2.75) is 168 Å². The van der Waals surface area contributed by atoms with Crippen LogP contribution in [0.3, 0.4) is 0 Å². The maximum Gasteiger partial charge on any atom is 0.339 e. The number of hydrogen-bond acceptors (Lipinski definition) is 4. The van der Waals surface area contributed by atoms with Crippen molar-refractivity contribution in [1.82, 2.24) is 0 Å². The summed E-state index contributed by atoms with van der Waals surface area (Å²) in [7, 11) is 0. The molecule has 0 aliphatic rings. The number of ether oxygens (including phenoxy) is 2. The number of hydrogen-bond donors (Lipinski definition) is 2. The summed E-state index contributed by atoms with van der Waals surface area (Å²) in [5.74, 6) is 21.6. The van der Waals surface area contributed by atoms with Crippen LogP contribution in [0.15, 0.2) is 12.1 Å². The molecule has 6 nitrogen and oxygen atoms in total. The van der Waals surface area contributed by atoms with Crippen LogP contribution in [0.25, 0.3) is 0 Å². The number of carboxylic acid groups (broad SMARTS) is 2. The number of rotatable bonds is 28. The number of carbonyl (C=O) groups is 2. The third-order valence-electron chi connectivity index (χ3n) is 8.24. The summed E-state index contributed by atoms with van der Waals surface area (Å²) >= 11 is 0. The van der Waals surface area contributed by atoms with Crippen molar-refractivity contribution in [2.24, 2.45) is 0 Å². The van der Waals surface area contributed by atoms with E-state index >= 15 is 0 Å². The maximum absolute atomic E-state index is 11.9. The van der Waals surface area contributed by atoms with Crippen molar-refractivity contribution in [3.8, 4) is 58.9 Å². The average Bonchev–Trinajstić information content (AvgIpc) is 3.10. The smallest absolute Gasteiger partial charge is 0.339 e. The minimum absolute atomic E-state index is 0.0129. The number of unbranched alkanes of at least 4 members (excludes halogenated alkanes) is 20. The van der Waals surface area contributed by atoms with Gasteiger partial charge in [0.1, 0.15) is 22.6 Å². The Morgan fingerprint density at radius 3 is 1.04 bits per heavy atom. The van der Waals surface area contributed by atoms with Crippen molar-refractivity contribution in [2.75, 3.05) is 13.2 Å². The van der Waals surface area contributed by atoms with Crippen molar-refractivity contribution in [3.63, 3.8) is 0 Å². The van der Waals surface area contributed by atoms with Gasteiger partial charge in [-0.1, -0.05) is 127 Å². The lowest BCUT2D eigenvalue weighted by atomic mass is 10.1. The van der Waals surface area contributed by atoms with Crippen LogP contribution in [0.4, 0.5) is 0 Å². The van der Waals surface area contributed by atoms with Gasteiger partial charge in [-0.25, -0.2) is 9.59 Å². The standard InChI is InChI=1S/C44H62O6/c1-3-5-7-9-11-13-15-17-19-21-23-25-27-29-31-33-35-49-41-37-40(44(47)48)42(38-39(41)43(45)46)50-36-34-32-30-28-26-24-22-20-18-16-14-12-10-8-6-4-2/h37-38H,3-20,29-36H2,1-2H3,(H,45,46)(H,47,48). The lowest BCUT2D eigenvalue weighted by Crippen LogP contribution is -2.10. The van der Waals surface area contributed by atoms with Gasteiger partial charge in [-0.2, -0.15) is 0 Å². The summed E-state index contributed by atoms with van der Waals surface area (Å²) in [5.41, 5.74) is -0.263. The minimum Gasteiger partial charge on any atom is -0.493 e. The Bertz CT molecular complexity index is 1230. The molecule has 0 bridgehead atoms. The Kier molecular flexibility index (Phi) is 28.4. The van der Waals surface area contributed by atoms with Crippen LogP contribution in [0, 0.1) is 47.4 Å². The highest BCUT2D eigenvalue weighted by molar-refractivity contribution is 5.97. The Morgan fingerprint density at radius 1 is 0.460 bits per heavy atom. The molecule has 0 aliphatic carbocycles. The predicted octanol–water partition coefficient (Wildman–Crippen LogP) is 11.3. The Balaban J connectivity index is 2.35. The van der Waals surface area contributed by atoms with E-state index in [4.69, 9.17) is 9.47 Å². The van der Waals surface area contributed by atoms with Gasteiger partial charge in [0.05, 0.1) is 13.2 Å². The van der Waals surface area contributed by atoms with E-state index in [1.807, 2.05) is 0 Å². The molecule has 0 amide bonds. The second-order valence-corrected chi connectivity index (χ2v) is 12.7. The molecule has 50 heavy (non-hydrogen) atoms. The SMILES string of the molecule is CCCCCCCCCCC#CC#CCCCCOc1cc(C(=O)O)c(OCCCCC#CC#CCCCCCCCCCC)cc1C(=O)O. The van der Waals surface area contributed by atoms with E-state index in [-0.39, 0.29) is 35.8 Å². The summed E-state index contributed by atoms with van der Waals surface area (Å²) in [6.07, 6.45) is 26.5. The van der Waals surface area contributed by atoms with Gasteiger partial charge in [0.2, 0.25) is 0 Å². The van der Waals surface area contributed by atoms with E-state index in [2.05, 4.69) is 61.2 Å². The summed E-state index contributed by atoms with van der Waals surface area (Å²) in [6, 6.07) is 2.47. The molecule has 2 N–H and O–H groups in total. The highest BCUT2D eigenvalue weighted by atomic mass is 16.5. The molecular weight excluding hydrogens is 624 g/mol. The predicted molar refractivity (Wildman–Crippen MR) is 205 cm³/mol. The van der Waals surface area contributed by atoms with Gasteiger partial charge in [0.15, 0.2) is 0 Å². The first kappa shape index (κ1) is 44.0. The first-order chi connectivity index (χ1) is 24.5. The Hall–Kier alpha value is -4.00. The van der Waals surface area contributed by atoms with Crippen LogP contribution in [0.2, 0.25) is 0 Å². The van der Waals surface area contributed by atoms with E-state index in [0.717, 1.165) is 38.5 Å². The third-order valence-corrected chi connectivity index (χ3v) is 8.24. The molecule has 0 atom stereocenters. The molecular formula is C44H62O6. The summed E-state index contributed by atoms with van der Waals surface area (Å²) in [4.78, 5) is 23.9. The number of aromatic carboxylic acids is 2. The molecule has 1 aromatic carbocycles. The molecule has 274 valence electrons. The van der Waals surface area contributed by atoms with Crippen molar-refractivity contribution in [3.05, 3.63) is 23.3 Å². The zero-order valence-corrected chi connectivity index (χ0v) is 31.1. The molecule has 0 saturated heterocycles. The summed E-state index contributed by atoms with van der Waals surface area (Å²) < 4.78 is 11.4. The van der Waals surface area contributed by atoms with Crippen LogP contribution in [0.1, 0.15) is 189 Å². The van der Waals surface area contributed by atoms with Crippen molar-refractivity contribution < 1.29 is 29.3 Å². The zero-order valence-electron chi connectivity index (χ0n) is 31.1. The van der Waals surface area contributed by atoms with E-state index in [1.165, 1.54) is 102 Å². The maximum atomic E-state index is 11.9. The second kappa shape index (κ2) is 32.2. The highest BCUT2D eigenvalue weighted by Crippen LogP contribution is 2.30. The quantitative estimate of drug-likeness (QED) is 0.0673. The molecule has 0 radical (unpaired) electrons. The minimum atomic E-state index is -1.21. The molecule has 0 unspecified atom stereocenters. The Morgan fingerprint density at radius 2 is 0.740 bits per heavy atom. The molecule has 0 saturated carbocycles. The topological polar surface area (TPSA) is 93.1 Å². The highest BCUT2D eigenvalue weighted by Gasteiger charge is 2.21. The van der Waals surface area contributed by atoms with Gasteiger partial charge in [-0.05, 0) is 74.3 Å². The third kappa shape index (κ3) is 24.2. The number of benzene rings is 1. The molecule has 0 aromatic heterocycles. The molecule has 0 fully saturated rings. The fourth-order valence-corrected chi connectivity index (χ4v) is 5.25. The molecule has 0 spiro atoms. The normalized spacial score (nSPS) is 9.96. The lowest BCUT2D eigenvalue weighted by molar-refractivity contribution is 0.0672. The molecule has 1 rings (SSSR count). The summed E-state index contributed by atoms with van der Waals surface area (Å²) in [5, 5.41) is 19.5. The molecule has 6 heteroatoms. The van der Waals surface area contributed by atoms with Crippen LogP contribution in [0.5, 0.6) is 11.5 Å². The molecule has 0 heterocycles. The van der Waals surface area contributed by atoms with Gasteiger partial charge in [-0.15, -0.1) is 0 Å². The molecule has 1 aromatic rings. The molecule has 0 aliphatic heterocycles. The van der Waals surface area contributed by atoms with Gasteiger partial charge >= 0.3 is 11.9 Å². The van der Waals surface area contributed by atoms with Gasteiger partial charge in [0, 0.05) is 25.7 Å². The summed E-state index contributed by atoms with van der Waals surface area (Å²) in [6.45, 7) is 4.97. The van der Waals surface area contributed by atoms with Crippen molar-refractivity contribution >= 4 is 11.9 Å². The Labute approximate surface area is 303 Å². The first-order valence-corrected chi connectivity index (χ1v) is 19.3. The zero-order chi connectivity index (χ0) is 36.3. The van der Waals surface area contributed by atoms with Crippen LogP contribution >= 0.6 is 0 Å². The van der Waals surface area contributed by atoms with E-state index < -0.39 is 11.9 Å². The first-order valence-electron chi connectivity index (χ1n) is 19.3. The van der Waals surface area contributed by atoms with Gasteiger partial charge in [0.25, 0.3) is 0 Å². The van der Waals surface area contributed by atoms with E-state index in [0.29, 0.717) is 25.7 Å². The van der Waals surface area contributed by atoms with Gasteiger partial charge < -0.3 is 19.7 Å². The van der Waals surface area contributed by atoms with Crippen LogP contribution in [-0.4, -0.2) is 35.4 Å². The van der Waals surface area contributed by atoms with Crippen molar-refractivity contribution in [1.29, 1.82) is 0 Å².